The van der Waals surface area contributed by atoms with Gasteiger partial charge in [0.2, 0.25) is 0 Å². The molecule has 1 heterocycles. The van der Waals surface area contributed by atoms with E-state index in [1.165, 1.54) is 0 Å². The van der Waals surface area contributed by atoms with E-state index in [1.54, 1.807) is 18.3 Å². The number of rotatable bonds is 0. The third-order valence-electron chi connectivity index (χ3n) is 1.61. The molecule has 1 aromatic heterocycles. The fourth-order valence-electron chi connectivity index (χ4n) is 1.09. The molecule has 0 saturated carbocycles. The van der Waals surface area contributed by atoms with Gasteiger partial charge in [0.05, 0.1) is 0 Å². The minimum absolute atomic E-state index is 0. The van der Waals surface area contributed by atoms with Gasteiger partial charge in [0.1, 0.15) is 11.3 Å². The second-order valence-electron chi connectivity index (χ2n) is 2.35. The van der Waals surface area contributed by atoms with Crippen LogP contribution in [0.2, 0.25) is 0 Å². The summed E-state index contributed by atoms with van der Waals surface area (Å²) in [6.45, 7) is 0. The van der Waals surface area contributed by atoms with E-state index in [4.69, 9.17) is 0 Å². The first-order chi connectivity index (χ1) is 5.38. The van der Waals surface area contributed by atoms with Crippen molar-refractivity contribution < 1.29 is 32.8 Å². The third-order valence-corrected chi connectivity index (χ3v) is 1.61. The van der Waals surface area contributed by atoms with E-state index in [0.717, 1.165) is 5.39 Å². The Balaban J connectivity index is 0.000000720. The zero-order valence-corrected chi connectivity index (χ0v) is 12.1. The number of benzene rings is 1. The molecule has 0 unspecified atom stereocenters. The first-order valence-electron chi connectivity index (χ1n) is 3.40. The molecule has 0 aliphatic carbocycles. The number of fused-ring (bicyclic) bond motifs is 1. The molecule has 12 heavy (non-hydrogen) atoms. The average molecular weight is 346 g/mol. The molecule has 2 nitrogen and oxygen atoms in total. The van der Waals surface area contributed by atoms with Crippen molar-refractivity contribution in [3.63, 3.8) is 0 Å². The monoisotopic (exact) mass is 347 g/mol. The van der Waals surface area contributed by atoms with Gasteiger partial charge in [-0.3, -0.25) is 4.98 Å². The van der Waals surface area contributed by atoms with Crippen LogP contribution < -0.4 is 0 Å². The summed E-state index contributed by atoms with van der Waals surface area (Å²) >= 11 is 0. The van der Waals surface area contributed by atoms with Crippen LogP contribution in [-0.4, -0.2) is 10.1 Å². The molecular weight excluding hydrogens is 339 g/mol. The molecule has 0 amide bonds. The molecule has 3 heteroatoms. The fraction of sp³-hybridized carbons (Fsp3) is 0. The summed E-state index contributed by atoms with van der Waals surface area (Å²) in [5.74, 6) is 0.239. The molecule has 0 bridgehead atoms. The van der Waals surface area contributed by atoms with Gasteiger partial charge in [-0.25, -0.2) is 0 Å². The van der Waals surface area contributed by atoms with Crippen LogP contribution in [0.5, 0.6) is 5.75 Å². The Labute approximate surface area is 90.8 Å². The quantitative estimate of drug-likeness (QED) is 0.740. The third kappa shape index (κ3) is 1.58. The van der Waals surface area contributed by atoms with Crippen LogP contribution in [0.4, 0.5) is 0 Å². The molecular formula is C9H7HgNO+2. The molecule has 2 rings (SSSR count). The molecule has 0 aliphatic heterocycles. The van der Waals surface area contributed by atoms with Crippen LogP contribution in [0, 0.1) is 0 Å². The Morgan fingerprint density at radius 2 is 1.83 bits per heavy atom. The average Bonchev–Trinajstić information content (AvgIpc) is 2.06. The van der Waals surface area contributed by atoms with Crippen molar-refractivity contribution in [2.24, 2.45) is 0 Å². The van der Waals surface area contributed by atoms with Crippen LogP contribution in [0.1, 0.15) is 0 Å². The van der Waals surface area contributed by atoms with Gasteiger partial charge in [-0.2, -0.15) is 0 Å². The van der Waals surface area contributed by atoms with Gasteiger partial charge in [0.25, 0.3) is 0 Å². The Kier molecular flexibility index (Phi) is 3.03. The van der Waals surface area contributed by atoms with Gasteiger partial charge < -0.3 is 5.11 Å². The number of pyridine rings is 1. The molecule has 2 aromatic rings. The van der Waals surface area contributed by atoms with Crippen molar-refractivity contribution in [1.82, 2.24) is 4.98 Å². The topological polar surface area (TPSA) is 33.1 Å². The number of aromatic nitrogens is 1. The number of nitrogens with zero attached hydrogens (tertiary/aromatic N) is 1. The molecule has 0 fully saturated rings. The van der Waals surface area contributed by atoms with Gasteiger partial charge in [-0.1, -0.05) is 18.2 Å². The maximum atomic E-state index is 9.31. The summed E-state index contributed by atoms with van der Waals surface area (Å²) in [5.41, 5.74) is 0.662. The summed E-state index contributed by atoms with van der Waals surface area (Å²) in [4.78, 5) is 4.03. The molecule has 1 aromatic carbocycles. The van der Waals surface area contributed by atoms with Crippen molar-refractivity contribution in [2.75, 3.05) is 0 Å². The van der Waals surface area contributed by atoms with Crippen LogP contribution in [0.15, 0.2) is 36.5 Å². The SMILES string of the molecule is Oc1cccc2cccnc12.[Hg+2]. The van der Waals surface area contributed by atoms with Gasteiger partial charge in [0, 0.05) is 11.6 Å². The number of aromatic hydroxyl groups is 1. The predicted molar refractivity (Wildman–Crippen MR) is 43.4 cm³/mol. The smallest absolute Gasteiger partial charge is 0.506 e. The largest absolute Gasteiger partial charge is 2.00 e. The first kappa shape index (κ1) is 9.45. The number of phenolic OH excluding ortho intramolecular Hbond substituents is 1. The van der Waals surface area contributed by atoms with Crippen molar-refractivity contribution in [1.29, 1.82) is 0 Å². The second kappa shape index (κ2) is 3.85. The number of para-hydroxylation sites is 1. The molecule has 0 radical (unpaired) electrons. The summed E-state index contributed by atoms with van der Waals surface area (Å²) in [5, 5.41) is 10.3. The maximum absolute atomic E-state index is 9.31. The molecule has 54 valence electrons. The van der Waals surface area contributed by atoms with Crippen LogP contribution >= 0.6 is 0 Å². The van der Waals surface area contributed by atoms with Gasteiger partial charge in [0.15, 0.2) is 0 Å². The van der Waals surface area contributed by atoms with E-state index in [9.17, 15) is 5.11 Å². The van der Waals surface area contributed by atoms with Crippen molar-refractivity contribution in [3.05, 3.63) is 36.5 Å². The second-order valence-corrected chi connectivity index (χ2v) is 2.35. The molecule has 0 aliphatic rings. The summed E-state index contributed by atoms with van der Waals surface area (Å²) in [6, 6.07) is 9.13. The summed E-state index contributed by atoms with van der Waals surface area (Å²) < 4.78 is 0. The van der Waals surface area contributed by atoms with Gasteiger partial charge >= 0.3 is 27.7 Å². The Bertz CT molecular complexity index is 384. The molecule has 0 saturated heterocycles. The minimum Gasteiger partial charge on any atom is -0.506 e. The van der Waals surface area contributed by atoms with Crippen LogP contribution in [0.25, 0.3) is 10.9 Å². The normalized spacial score (nSPS) is 9.33. The predicted octanol–water partition coefficient (Wildman–Crippen LogP) is 1.94. The standard InChI is InChI=1S/C9H7NO.Hg/c11-8-5-1-3-7-4-2-6-10-9(7)8;/h1-6,11H;/q;+2. The van der Waals surface area contributed by atoms with E-state index >= 15 is 0 Å². The zero-order chi connectivity index (χ0) is 7.68. The van der Waals surface area contributed by atoms with E-state index in [2.05, 4.69) is 4.98 Å². The first-order valence-corrected chi connectivity index (χ1v) is 3.40. The van der Waals surface area contributed by atoms with E-state index in [-0.39, 0.29) is 33.4 Å². The van der Waals surface area contributed by atoms with Crippen molar-refractivity contribution in [2.45, 2.75) is 0 Å². The minimum atomic E-state index is 0. The molecule has 0 spiro atoms. The zero-order valence-electron chi connectivity index (χ0n) is 6.57. The van der Waals surface area contributed by atoms with Crippen LogP contribution in [-0.2, 0) is 27.7 Å². The van der Waals surface area contributed by atoms with Crippen molar-refractivity contribution in [3.8, 4) is 5.75 Å². The Morgan fingerprint density at radius 3 is 2.58 bits per heavy atom. The Morgan fingerprint density at radius 1 is 1.08 bits per heavy atom. The number of hydrogen-bond acceptors (Lipinski definition) is 2. The fourth-order valence-corrected chi connectivity index (χ4v) is 1.09. The van der Waals surface area contributed by atoms with E-state index in [0.29, 0.717) is 5.52 Å². The summed E-state index contributed by atoms with van der Waals surface area (Å²) in [7, 11) is 0. The van der Waals surface area contributed by atoms with E-state index in [1.807, 2.05) is 18.2 Å². The maximum Gasteiger partial charge on any atom is 2.00 e. The van der Waals surface area contributed by atoms with Gasteiger partial charge in [-0.05, 0) is 12.1 Å². The van der Waals surface area contributed by atoms with Crippen molar-refractivity contribution >= 4 is 10.9 Å². The number of hydrogen-bond donors (Lipinski definition) is 1. The van der Waals surface area contributed by atoms with Crippen LogP contribution in [0.3, 0.4) is 0 Å². The summed E-state index contributed by atoms with van der Waals surface area (Å²) in [6.07, 6.45) is 1.67. The van der Waals surface area contributed by atoms with Gasteiger partial charge in [-0.15, -0.1) is 0 Å². The molecule has 1 N–H and O–H groups in total. The Hall–Kier alpha value is -0.635. The van der Waals surface area contributed by atoms with E-state index < -0.39 is 0 Å². The molecule has 0 atom stereocenters. The number of phenols is 1.